The largest absolute Gasteiger partial charge is 0.298 e. The van der Waals surface area contributed by atoms with Crippen LogP contribution in [0.15, 0.2) is 25.3 Å². The standard InChI is InChI=1S/C17H30O/c1-5-9-11-13-15(7-3)17(18)16(8-4)14-12-10-6-2/h7-8,15-16H,3-6,9-14H2,1-2H3. The van der Waals surface area contributed by atoms with E-state index in [0.29, 0.717) is 5.78 Å². The summed E-state index contributed by atoms with van der Waals surface area (Å²) < 4.78 is 0. The topological polar surface area (TPSA) is 17.1 Å². The minimum atomic E-state index is 0.0289. The Morgan fingerprint density at radius 1 is 0.889 bits per heavy atom. The Hall–Kier alpha value is -0.850. The predicted molar refractivity (Wildman–Crippen MR) is 80.7 cm³/mol. The van der Waals surface area contributed by atoms with Gasteiger partial charge in [0.25, 0.3) is 0 Å². The Morgan fingerprint density at radius 3 is 1.56 bits per heavy atom. The highest BCUT2D eigenvalue weighted by Gasteiger charge is 2.21. The van der Waals surface area contributed by atoms with Crippen molar-refractivity contribution in [2.45, 2.75) is 65.2 Å². The van der Waals surface area contributed by atoms with Crippen LogP contribution in [0.3, 0.4) is 0 Å². The lowest BCUT2D eigenvalue weighted by Crippen LogP contribution is -2.21. The van der Waals surface area contributed by atoms with Gasteiger partial charge in [0.05, 0.1) is 0 Å². The van der Waals surface area contributed by atoms with Gasteiger partial charge in [0, 0.05) is 11.8 Å². The van der Waals surface area contributed by atoms with Crippen LogP contribution >= 0.6 is 0 Å². The molecule has 0 aliphatic rings. The second-order valence-electron chi connectivity index (χ2n) is 5.08. The molecule has 0 bridgehead atoms. The minimum absolute atomic E-state index is 0.0289. The highest BCUT2D eigenvalue weighted by atomic mass is 16.1. The zero-order valence-corrected chi connectivity index (χ0v) is 12.3. The average molecular weight is 250 g/mol. The molecule has 1 heteroatoms. The third kappa shape index (κ3) is 6.78. The maximum atomic E-state index is 12.4. The van der Waals surface area contributed by atoms with Crippen molar-refractivity contribution in [1.82, 2.24) is 0 Å². The molecule has 0 fully saturated rings. The molecule has 0 saturated heterocycles. The molecule has 0 radical (unpaired) electrons. The van der Waals surface area contributed by atoms with E-state index in [4.69, 9.17) is 0 Å². The van der Waals surface area contributed by atoms with E-state index in [1.807, 2.05) is 12.2 Å². The van der Waals surface area contributed by atoms with Crippen molar-refractivity contribution in [2.24, 2.45) is 11.8 Å². The molecular formula is C17H30O. The first-order chi connectivity index (χ1) is 8.71. The summed E-state index contributed by atoms with van der Waals surface area (Å²) in [6, 6.07) is 0. The first kappa shape index (κ1) is 17.2. The van der Waals surface area contributed by atoms with E-state index in [9.17, 15) is 4.79 Å². The normalized spacial score (nSPS) is 13.9. The lowest BCUT2D eigenvalue weighted by molar-refractivity contribution is -0.124. The Kier molecular flexibility index (Phi) is 10.7. The third-order valence-electron chi connectivity index (χ3n) is 3.54. The van der Waals surface area contributed by atoms with Crippen LogP contribution in [-0.2, 0) is 4.79 Å². The molecular weight excluding hydrogens is 220 g/mol. The SMILES string of the molecule is C=CC(CCCCC)C(=O)C(C=C)CCCCC. The first-order valence-electron chi connectivity index (χ1n) is 7.50. The maximum Gasteiger partial charge on any atom is 0.146 e. The number of rotatable bonds is 12. The Morgan fingerprint density at radius 2 is 1.28 bits per heavy atom. The molecule has 1 nitrogen and oxygen atoms in total. The van der Waals surface area contributed by atoms with E-state index < -0.39 is 0 Å². The summed E-state index contributed by atoms with van der Waals surface area (Å²) in [5.41, 5.74) is 0. The van der Waals surface area contributed by atoms with Gasteiger partial charge in [-0.1, -0.05) is 64.5 Å². The molecule has 0 aromatic heterocycles. The fourth-order valence-electron chi connectivity index (χ4n) is 2.26. The van der Waals surface area contributed by atoms with E-state index in [2.05, 4.69) is 27.0 Å². The number of unbranched alkanes of at least 4 members (excludes halogenated alkanes) is 4. The second-order valence-corrected chi connectivity index (χ2v) is 5.08. The number of ketones is 1. The fourth-order valence-corrected chi connectivity index (χ4v) is 2.26. The summed E-state index contributed by atoms with van der Waals surface area (Å²) in [5.74, 6) is 0.384. The molecule has 0 aromatic carbocycles. The fraction of sp³-hybridized carbons (Fsp3) is 0.706. The van der Waals surface area contributed by atoms with Crippen molar-refractivity contribution in [3.8, 4) is 0 Å². The van der Waals surface area contributed by atoms with Crippen LogP contribution in [0.2, 0.25) is 0 Å². The number of carbonyl (C=O) groups is 1. The van der Waals surface area contributed by atoms with E-state index in [1.54, 1.807) is 0 Å². The zero-order chi connectivity index (χ0) is 13.8. The highest BCUT2D eigenvalue weighted by Crippen LogP contribution is 2.21. The highest BCUT2D eigenvalue weighted by molar-refractivity contribution is 5.86. The van der Waals surface area contributed by atoms with Crippen molar-refractivity contribution < 1.29 is 4.79 Å². The number of allylic oxidation sites excluding steroid dienone is 2. The second kappa shape index (κ2) is 11.3. The molecule has 104 valence electrons. The van der Waals surface area contributed by atoms with Gasteiger partial charge in [-0.3, -0.25) is 4.79 Å². The number of hydrogen-bond donors (Lipinski definition) is 0. The van der Waals surface area contributed by atoms with E-state index in [1.165, 1.54) is 25.7 Å². The lowest BCUT2D eigenvalue weighted by Gasteiger charge is -2.17. The molecule has 0 aromatic rings. The Bertz CT molecular complexity index is 218. The van der Waals surface area contributed by atoms with Gasteiger partial charge in [0.1, 0.15) is 5.78 Å². The van der Waals surface area contributed by atoms with Crippen molar-refractivity contribution >= 4 is 5.78 Å². The van der Waals surface area contributed by atoms with Crippen LogP contribution in [0, 0.1) is 11.8 Å². The average Bonchev–Trinajstić information content (AvgIpc) is 2.39. The number of hydrogen-bond acceptors (Lipinski definition) is 1. The van der Waals surface area contributed by atoms with Crippen molar-refractivity contribution in [2.75, 3.05) is 0 Å². The van der Waals surface area contributed by atoms with Gasteiger partial charge in [0.15, 0.2) is 0 Å². The lowest BCUT2D eigenvalue weighted by atomic mass is 9.86. The van der Waals surface area contributed by atoms with Gasteiger partial charge in [-0.05, 0) is 12.8 Å². The third-order valence-corrected chi connectivity index (χ3v) is 3.54. The van der Waals surface area contributed by atoms with E-state index in [0.717, 1.165) is 25.7 Å². The van der Waals surface area contributed by atoms with Crippen LogP contribution in [0.1, 0.15) is 65.2 Å². The summed E-state index contributed by atoms with van der Waals surface area (Å²) in [7, 11) is 0. The molecule has 2 unspecified atom stereocenters. The summed E-state index contributed by atoms with van der Waals surface area (Å²) in [6.45, 7) is 12.0. The smallest absolute Gasteiger partial charge is 0.146 e. The molecule has 18 heavy (non-hydrogen) atoms. The number of Topliss-reactive ketones (excluding diaryl/α,β-unsaturated/α-hetero) is 1. The predicted octanol–water partition coefficient (Wildman–Crippen LogP) is 5.32. The van der Waals surface area contributed by atoms with Crippen LogP contribution in [-0.4, -0.2) is 5.78 Å². The molecule has 0 saturated carbocycles. The van der Waals surface area contributed by atoms with Gasteiger partial charge < -0.3 is 0 Å². The molecule has 0 rings (SSSR count). The van der Waals surface area contributed by atoms with E-state index in [-0.39, 0.29) is 11.8 Å². The molecule has 0 amide bonds. The van der Waals surface area contributed by atoms with Gasteiger partial charge in [-0.2, -0.15) is 0 Å². The maximum absolute atomic E-state index is 12.4. The Labute approximate surface area is 113 Å². The molecule has 0 aliphatic carbocycles. The minimum Gasteiger partial charge on any atom is -0.298 e. The zero-order valence-electron chi connectivity index (χ0n) is 12.3. The molecule has 0 N–H and O–H groups in total. The molecule has 0 aliphatic heterocycles. The van der Waals surface area contributed by atoms with E-state index >= 15 is 0 Å². The van der Waals surface area contributed by atoms with Crippen molar-refractivity contribution in [1.29, 1.82) is 0 Å². The Balaban J connectivity index is 4.24. The summed E-state index contributed by atoms with van der Waals surface area (Å²) in [6.07, 6.45) is 12.6. The van der Waals surface area contributed by atoms with Gasteiger partial charge in [-0.25, -0.2) is 0 Å². The summed E-state index contributed by atoms with van der Waals surface area (Å²) in [4.78, 5) is 12.4. The number of carbonyl (C=O) groups excluding carboxylic acids is 1. The molecule has 0 spiro atoms. The summed E-state index contributed by atoms with van der Waals surface area (Å²) >= 11 is 0. The van der Waals surface area contributed by atoms with Crippen LogP contribution < -0.4 is 0 Å². The van der Waals surface area contributed by atoms with Crippen LogP contribution in [0.5, 0.6) is 0 Å². The van der Waals surface area contributed by atoms with Gasteiger partial charge >= 0.3 is 0 Å². The quantitative estimate of drug-likeness (QED) is 0.338. The first-order valence-corrected chi connectivity index (χ1v) is 7.50. The molecule has 0 heterocycles. The van der Waals surface area contributed by atoms with Crippen LogP contribution in [0.4, 0.5) is 0 Å². The van der Waals surface area contributed by atoms with Crippen LogP contribution in [0.25, 0.3) is 0 Å². The molecule has 2 atom stereocenters. The van der Waals surface area contributed by atoms with Crippen molar-refractivity contribution in [3.63, 3.8) is 0 Å². The van der Waals surface area contributed by atoms with Gasteiger partial charge in [0.2, 0.25) is 0 Å². The monoisotopic (exact) mass is 250 g/mol. The summed E-state index contributed by atoms with van der Waals surface area (Å²) in [5, 5.41) is 0. The van der Waals surface area contributed by atoms with Crippen molar-refractivity contribution in [3.05, 3.63) is 25.3 Å². The van der Waals surface area contributed by atoms with Gasteiger partial charge in [-0.15, -0.1) is 13.2 Å².